The molecule has 4 atom stereocenters. The highest BCUT2D eigenvalue weighted by molar-refractivity contribution is 5.80. The molecule has 200 valence electrons. The van der Waals surface area contributed by atoms with Gasteiger partial charge in [0.05, 0.1) is 13.2 Å². The van der Waals surface area contributed by atoms with E-state index < -0.39 is 0 Å². The molecule has 0 N–H and O–H groups in total. The third kappa shape index (κ3) is 11.2. The first kappa shape index (κ1) is 29.5. The van der Waals surface area contributed by atoms with Crippen LogP contribution < -0.4 is 0 Å². The lowest BCUT2D eigenvalue weighted by atomic mass is 9.92. The molecule has 1 heterocycles. The van der Waals surface area contributed by atoms with Crippen LogP contribution in [0.4, 0.5) is 0 Å². The average Bonchev–Trinajstić information content (AvgIpc) is 3.15. The van der Waals surface area contributed by atoms with E-state index in [2.05, 4.69) is 6.92 Å². The van der Waals surface area contributed by atoms with Gasteiger partial charge in [0.1, 0.15) is 11.9 Å². The summed E-state index contributed by atoms with van der Waals surface area (Å²) >= 11 is 0. The van der Waals surface area contributed by atoms with Gasteiger partial charge in [-0.05, 0) is 44.1 Å². The van der Waals surface area contributed by atoms with E-state index in [9.17, 15) is 14.4 Å². The third-order valence-electron chi connectivity index (χ3n) is 6.96. The molecule has 0 radical (unpaired) electrons. The highest BCUT2D eigenvalue weighted by Gasteiger charge is 2.42. The average molecular weight is 495 g/mol. The maximum Gasteiger partial charge on any atom is 0.305 e. The van der Waals surface area contributed by atoms with Crippen molar-refractivity contribution in [1.29, 1.82) is 0 Å². The Kier molecular flexibility index (Phi) is 14.2. The van der Waals surface area contributed by atoms with Crippen LogP contribution in [0, 0.1) is 5.92 Å². The summed E-state index contributed by atoms with van der Waals surface area (Å²) in [6.07, 6.45) is 14.0. The number of unbranched alkanes of at least 4 members (excludes halogenated alkanes) is 5. The molecular weight excluding hydrogens is 448 g/mol. The summed E-state index contributed by atoms with van der Waals surface area (Å²) in [5.41, 5.74) is 1.09. The van der Waals surface area contributed by atoms with E-state index in [1.807, 2.05) is 6.08 Å². The number of Topliss-reactive ketones (excluding diaryl/α,β-unsaturated/α-hetero) is 1. The summed E-state index contributed by atoms with van der Waals surface area (Å²) in [6, 6.07) is 0. The van der Waals surface area contributed by atoms with Crippen LogP contribution in [-0.4, -0.2) is 49.9 Å². The number of rotatable bonds is 16. The molecule has 1 saturated carbocycles. The molecule has 7 nitrogen and oxygen atoms in total. The van der Waals surface area contributed by atoms with Gasteiger partial charge in [-0.2, -0.15) is 0 Å². The molecule has 2 fully saturated rings. The molecule has 35 heavy (non-hydrogen) atoms. The van der Waals surface area contributed by atoms with Gasteiger partial charge in [-0.1, -0.05) is 45.1 Å². The van der Waals surface area contributed by atoms with Crippen molar-refractivity contribution < 1.29 is 33.3 Å². The zero-order valence-corrected chi connectivity index (χ0v) is 22.1. The summed E-state index contributed by atoms with van der Waals surface area (Å²) in [5.74, 6) is -0.176. The molecule has 1 saturated heterocycles. The minimum atomic E-state index is -0.289. The van der Waals surface area contributed by atoms with Crippen LogP contribution in [0.25, 0.3) is 0 Å². The number of methoxy groups -OCH3 is 1. The number of ether oxygens (including phenoxy) is 4. The Hall–Kier alpha value is -1.73. The van der Waals surface area contributed by atoms with Crippen molar-refractivity contribution in [3.63, 3.8) is 0 Å². The van der Waals surface area contributed by atoms with E-state index in [-0.39, 0.29) is 42.1 Å². The minimum absolute atomic E-state index is 0.0385. The van der Waals surface area contributed by atoms with Gasteiger partial charge >= 0.3 is 11.9 Å². The molecule has 0 spiro atoms. The second-order valence-corrected chi connectivity index (χ2v) is 9.84. The van der Waals surface area contributed by atoms with E-state index >= 15 is 0 Å². The Labute approximate surface area is 211 Å². The lowest BCUT2D eigenvalue weighted by molar-refractivity contribution is -0.181. The Morgan fingerprint density at radius 2 is 1.80 bits per heavy atom. The molecule has 0 aromatic heterocycles. The van der Waals surface area contributed by atoms with Gasteiger partial charge in [-0.15, -0.1) is 0 Å². The van der Waals surface area contributed by atoms with Crippen molar-refractivity contribution in [2.45, 2.75) is 129 Å². The van der Waals surface area contributed by atoms with E-state index in [1.165, 1.54) is 14.0 Å². The van der Waals surface area contributed by atoms with Crippen molar-refractivity contribution in [2.75, 3.05) is 13.7 Å². The largest absolute Gasteiger partial charge is 0.469 e. The Bertz CT molecular complexity index is 681. The molecule has 7 heteroatoms. The van der Waals surface area contributed by atoms with Gasteiger partial charge in [-0.3, -0.25) is 14.4 Å². The van der Waals surface area contributed by atoms with Crippen molar-refractivity contribution in [2.24, 2.45) is 5.92 Å². The number of carbonyl (C=O) groups excluding carboxylic acids is 3. The molecule has 2 rings (SSSR count). The van der Waals surface area contributed by atoms with Gasteiger partial charge in [0.25, 0.3) is 0 Å². The fourth-order valence-corrected chi connectivity index (χ4v) is 5.07. The van der Waals surface area contributed by atoms with Crippen molar-refractivity contribution in [1.82, 2.24) is 0 Å². The number of hydrogen-bond donors (Lipinski definition) is 0. The Morgan fingerprint density at radius 3 is 2.49 bits per heavy atom. The lowest BCUT2D eigenvalue weighted by Gasteiger charge is -2.27. The predicted octanol–water partition coefficient (Wildman–Crippen LogP) is 5.83. The van der Waals surface area contributed by atoms with E-state index in [0.717, 1.165) is 76.2 Å². The van der Waals surface area contributed by atoms with Gasteiger partial charge < -0.3 is 18.9 Å². The molecule has 1 aliphatic heterocycles. The fourth-order valence-electron chi connectivity index (χ4n) is 5.07. The van der Waals surface area contributed by atoms with Gasteiger partial charge in [0.2, 0.25) is 0 Å². The van der Waals surface area contributed by atoms with E-state index in [4.69, 9.17) is 18.9 Å². The summed E-state index contributed by atoms with van der Waals surface area (Å²) in [5, 5.41) is 0. The number of esters is 2. The van der Waals surface area contributed by atoms with E-state index in [1.54, 1.807) is 0 Å². The van der Waals surface area contributed by atoms with Crippen molar-refractivity contribution in [3.8, 4) is 0 Å². The van der Waals surface area contributed by atoms with Gasteiger partial charge in [0.15, 0.2) is 6.29 Å². The first-order valence-corrected chi connectivity index (χ1v) is 13.7. The fraction of sp³-hybridized carbons (Fsp3) is 0.821. The normalized spacial score (nSPS) is 25.5. The molecule has 1 unspecified atom stereocenters. The SMILES string of the molecule is CCCCCC(=O)CC=C1[C@@H](CCCCCCC(=O)OC)[C@@H](OC(C)=O)C[C@H]1OC1CCCCO1. The second kappa shape index (κ2) is 16.9. The molecule has 0 bridgehead atoms. The molecule has 2 aliphatic rings. The van der Waals surface area contributed by atoms with Crippen molar-refractivity contribution in [3.05, 3.63) is 11.6 Å². The first-order chi connectivity index (χ1) is 16.9. The number of hydrogen-bond acceptors (Lipinski definition) is 7. The van der Waals surface area contributed by atoms with E-state index in [0.29, 0.717) is 32.3 Å². The molecule has 1 aliphatic carbocycles. The van der Waals surface area contributed by atoms with Gasteiger partial charge in [-0.25, -0.2) is 0 Å². The van der Waals surface area contributed by atoms with Gasteiger partial charge in [0, 0.05) is 45.1 Å². The van der Waals surface area contributed by atoms with Crippen LogP contribution in [0.5, 0.6) is 0 Å². The third-order valence-corrected chi connectivity index (χ3v) is 6.96. The van der Waals surface area contributed by atoms with Crippen LogP contribution in [0.1, 0.15) is 110 Å². The van der Waals surface area contributed by atoms with Crippen LogP contribution >= 0.6 is 0 Å². The summed E-state index contributed by atoms with van der Waals surface area (Å²) in [4.78, 5) is 35.7. The zero-order chi connectivity index (χ0) is 25.5. The monoisotopic (exact) mass is 494 g/mol. The van der Waals surface area contributed by atoms with Crippen LogP contribution in [0.2, 0.25) is 0 Å². The number of carbonyl (C=O) groups is 3. The minimum Gasteiger partial charge on any atom is -0.469 e. The zero-order valence-electron chi connectivity index (χ0n) is 22.1. The predicted molar refractivity (Wildman–Crippen MR) is 134 cm³/mol. The highest BCUT2D eigenvalue weighted by atomic mass is 16.7. The first-order valence-electron chi connectivity index (χ1n) is 13.7. The molecule has 0 aromatic carbocycles. The smallest absolute Gasteiger partial charge is 0.305 e. The number of allylic oxidation sites excluding steroid dienone is 1. The maximum atomic E-state index is 12.5. The summed E-state index contributed by atoms with van der Waals surface area (Å²) < 4.78 is 22.6. The Balaban J connectivity index is 2.05. The lowest BCUT2D eigenvalue weighted by Crippen LogP contribution is -2.28. The van der Waals surface area contributed by atoms with Crippen molar-refractivity contribution >= 4 is 17.7 Å². The summed E-state index contributed by atoms with van der Waals surface area (Å²) in [7, 11) is 1.41. The quantitative estimate of drug-likeness (QED) is 0.151. The van der Waals surface area contributed by atoms with Crippen LogP contribution in [0.3, 0.4) is 0 Å². The topological polar surface area (TPSA) is 88.1 Å². The van der Waals surface area contributed by atoms with Crippen LogP contribution in [-0.2, 0) is 33.3 Å². The van der Waals surface area contributed by atoms with Crippen LogP contribution in [0.15, 0.2) is 11.6 Å². The summed E-state index contributed by atoms with van der Waals surface area (Å²) in [6.45, 7) is 4.28. The molecular formula is C28H46O7. The molecule has 0 aromatic rings. The maximum absolute atomic E-state index is 12.5. The standard InChI is InChI=1S/C28H46O7/c1-4-5-8-13-22(30)17-18-24-23(14-9-6-7-10-15-27(31)32-3)25(34-21(2)29)20-26(24)35-28-16-11-12-19-33-28/h18,23,25-26,28H,4-17,19-20H2,1-3H3/t23-,25+,26-,28?/m1/s1. The number of ketones is 1. The Morgan fingerprint density at radius 1 is 1.03 bits per heavy atom. The highest BCUT2D eigenvalue weighted by Crippen LogP contribution is 2.41. The molecule has 0 amide bonds. The second-order valence-electron chi connectivity index (χ2n) is 9.84.